The van der Waals surface area contributed by atoms with Crippen molar-refractivity contribution in [2.45, 2.75) is 12.8 Å². The van der Waals surface area contributed by atoms with E-state index in [1.165, 1.54) is 0 Å². The summed E-state index contributed by atoms with van der Waals surface area (Å²) < 4.78 is 0. The molecule has 0 spiro atoms. The quantitative estimate of drug-likeness (QED) is 0.308. The van der Waals surface area contributed by atoms with Gasteiger partial charge in [0.15, 0.2) is 0 Å². The van der Waals surface area contributed by atoms with Gasteiger partial charge in [-0.25, -0.2) is 0 Å². The first-order valence-corrected chi connectivity index (χ1v) is 4.83. The maximum Gasteiger partial charge on any atom is 0.221 e. The third-order valence-electron chi connectivity index (χ3n) is 2.20. The Hall–Kier alpha value is -1.26. The first-order chi connectivity index (χ1) is 6.83. The van der Waals surface area contributed by atoms with Crippen molar-refractivity contribution in [3.05, 3.63) is 10.4 Å². The number of rotatable bonds is 4. The van der Waals surface area contributed by atoms with Crippen molar-refractivity contribution in [1.82, 2.24) is 10.2 Å². The highest BCUT2D eigenvalue weighted by atomic mass is 16.1. The second kappa shape index (κ2) is 6.23. The predicted octanol–water partition coefficient (Wildman–Crippen LogP) is 0.509. The highest BCUT2D eigenvalue weighted by Gasteiger charge is 2.11. The Morgan fingerprint density at radius 3 is 3.21 bits per heavy atom. The fraction of sp³-hybridized carbons (Fsp3) is 0.875. The number of nitrogens with zero attached hydrogens (tertiary/aromatic N) is 4. The standard InChI is InChI=1S/C8H15N5O/c9-12-11-3-1-5-13-6-2-8(14)10-4-7-13/h1-7H2,(H,10,14). The van der Waals surface area contributed by atoms with E-state index in [0.29, 0.717) is 13.0 Å². The van der Waals surface area contributed by atoms with E-state index < -0.39 is 0 Å². The maximum absolute atomic E-state index is 11.0. The maximum atomic E-state index is 11.0. The smallest absolute Gasteiger partial charge is 0.221 e. The summed E-state index contributed by atoms with van der Waals surface area (Å²) in [4.78, 5) is 15.9. The monoisotopic (exact) mass is 197 g/mol. The number of amides is 1. The van der Waals surface area contributed by atoms with Gasteiger partial charge in [-0.1, -0.05) is 5.11 Å². The average molecular weight is 197 g/mol. The minimum absolute atomic E-state index is 0.127. The molecular weight excluding hydrogens is 182 g/mol. The fourth-order valence-electron chi connectivity index (χ4n) is 1.45. The minimum atomic E-state index is 0.127. The molecule has 1 rings (SSSR count). The summed E-state index contributed by atoms with van der Waals surface area (Å²) in [5.74, 6) is 0.127. The Morgan fingerprint density at radius 1 is 1.57 bits per heavy atom. The van der Waals surface area contributed by atoms with Crippen molar-refractivity contribution in [1.29, 1.82) is 0 Å². The molecule has 1 amide bonds. The molecule has 78 valence electrons. The molecule has 0 saturated carbocycles. The first kappa shape index (κ1) is 10.8. The summed E-state index contributed by atoms with van der Waals surface area (Å²) in [5.41, 5.74) is 8.07. The highest BCUT2D eigenvalue weighted by molar-refractivity contribution is 5.76. The zero-order valence-electron chi connectivity index (χ0n) is 8.15. The summed E-state index contributed by atoms with van der Waals surface area (Å²) in [6, 6.07) is 0. The summed E-state index contributed by atoms with van der Waals surface area (Å²) in [6.07, 6.45) is 1.43. The van der Waals surface area contributed by atoms with Crippen molar-refractivity contribution in [2.24, 2.45) is 5.11 Å². The Bertz CT molecular complexity index is 236. The van der Waals surface area contributed by atoms with Crippen molar-refractivity contribution in [2.75, 3.05) is 32.7 Å². The van der Waals surface area contributed by atoms with Crippen LogP contribution in [-0.2, 0) is 4.79 Å². The van der Waals surface area contributed by atoms with E-state index in [-0.39, 0.29) is 5.91 Å². The summed E-state index contributed by atoms with van der Waals surface area (Å²) in [5, 5.41) is 6.28. The second-order valence-electron chi connectivity index (χ2n) is 3.25. The van der Waals surface area contributed by atoms with E-state index in [9.17, 15) is 4.79 Å². The predicted molar refractivity (Wildman–Crippen MR) is 52.7 cm³/mol. The molecule has 14 heavy (non-hydrogen) atoms. The van der Waals surface area contributed by atoms with Crippen LogP contribution in [0.4, 0.5) is 0 Å². The van der Waals surface area contributed by atoms with E-state index in [4.69, 9.17) is 5.53 Å². The molecule has 1 fully saturated rings. The molecule has 1 aliphatic rings. The van der Waals surface area contributed by atoms with Crippen LogP contribution < -0.4 is 5.32 Å². The average Bonchev–Trinajstić information content (AvgIpc) is 2.38. The molecule has 0 aliphatic carbocycles. The molecule has 1 N–H and O–H groups in total. The Kier molecular flexibility index (Phi) is 4.82. The molecule has 6 heteroatoms. The molecule has 0 aromatic rings. The van der Waals surface area contributed by atoms with E-state index in [2.05, 4.69) is 20.2 Å². The van der Waals surface area contributed by atoms with Gasteiger partial charge in [0, 0.05) is 37.5 Å². The van der Waals surface area contributed by atoms with Gasteiger partial charge in [-0.15, -0.1) is 0 Å². The van der Waals surface area contributed by atoms with Gasteiger partial charge in [0.25, 0.3) is 0 Å². The van der Waals surface area contributed by atoms with Gasteiger partial charge in [0.2, 0.25) is 5.91 Å². The molecule has 0 bridgehead atoms. The highest BCUT2D eigenvalue weighted by Crippen LogP contribution is 1.97. The lowest BCUT2D eigenvalue weighted by Gasteiger charge is -2.17. The van der Waals surface area contributed by atoms with Crippen LogP contribution >= 0.6 is 0 Å². The van der Waals surface area contributed by atoms with Crippen LogP contribution in [0.25, 0.3) is 10.4 Å². The summed E-state index contributed by atoms with van der Waals surface area (Å²) in [6.45, 7) is 3.85. The molecular formula is C8H15N5O. The molecule has 6 nitrogen and oxygen atoms in total. The number of hydrogen-bond donors (Lipinski definition) is 1. The lowest BCUT2D eigenvalue weighted by atomic mass is 10.3. The van der Waals surface area contributed by atoms with Crippen molar-refractivity contribution in [3.63, 3.8) is 0 Å². The fourth-order valence-corrected chi connectivity index (χ4v) is 1.45. The van der Waals surface area contributed by atoms with Crippen molar-refractivity contribution in [3.8, 4) is 0 Å². The number of azide groups is 1. The van der Waals surface area contributed by atoms with E-state index in [0.717, 1.165) is 32.6 Å². The van der Waals surface area contributed by atoms with Crippen LogP contribution in [0.5, 0.6) is 0 Å². The van der Waals surface area contributed by atoms with Gasteiger partial charge in [-0.05, 0) is 18.5 Å². The molecule has 0 atom stereocenters. The summed E-state index contributed by atoms with van der Waals surface area (Å²) in [7, 11) is 0. The van der Waals surface area contributed by atoms with E-state index in [1.807, 2.05) is 0 Å². The van der Waals surface area contributed by atoms with Crippen molar-refractivity contribution >= 4 is 5.91 Å². The van der Waals surface area contributed by atoms with Crippen molar-refractivity contribution < 1.29 is 4.79 Å². The molecule has 0 radical (unpaired) electrons. The van der Waals surface area contributed by atoms with Crippen LogP contribution in [0.2, 0.25) is 0 Å². The molecule has 0 aromatic carbocycles. The molecule has 1 saturated heterocycles. The van der Waals surface area contributed by atoms with Crippen LogP contribution in [0.1, 0.15) is 12.8 Å². The summed E-state index contributed by atoms with van der Waals surface area (Å²) >= 11 is 0. The Labute approximate surface area is 82.9 Å². The third kappa shape index (κ3) is 4.11. The lowest BCUT2D eigenvalue weighted by Crippen LogP contribution is -2.29. The molecule has 1 aliphatic heterocycles. The Morgan fingerprint density at radius 2 is 2.43 bits per heavy atom. The number of nitrogens with one attached hydrogen (secondary N) is 1. The van der Waals surface area contributed by atoms with E-state index >= 15 is 0 Å². The second-order valence-corrected chi connectivity index (χ2v) is 3.25. The number of hydrogen-bond acceptors (Lipinski definition) is 3. The van der Waals surface area contributed by atoms with Gasteiger partial charge in [0.1, 0.15) is 0 Å². The zero-order chi connectivity index (χ0) is 10.2. The Balaban J connectivity index is 2.17. The van der Waals surface area contributed by atoms with Crippen LogP contribution in [0.3, 0.4) is 0 Å². The topological polar surface area (TPSA) is 81.1 Å². The molecule has 0 aromatic heterocycles. The first-order valence-electron chi connectivity index (χ1n) is 4.83. The van der Waals surface area contributed by atoms with Crippen LogP contribution in [0, 0.1) is 0 Å². The minimum Gasteiger partial charge on any atom is -0.355 e. The molecule has 0 unspecified atom stereocenters. The number of carbonyl (C=O) groups excluding carboxylic acids is 1. The van der Waals surface area contributed by atoms with Crippen LogP contribution in [0.15, 0.2) is 5.11 Å². The largest absolute Gasteiger partial charge is 0.355 e. The van der Waals surface area contributed by atoms with Gasteiger partial charge < -0.3 is 10.2 Å². The number of carbonyl (C=O) groups is 1. The third-order valence-corrected chi connectivity index (χ3v) is 2.20. The van der Waals surface area contributed by atoms with Gasteiger partial charge in [0.05, 0.1) is 0 Å². The normalized spacial score (nSPS) is 18.1. The zero-order valence-corrected chi connectivity index (χ0v) is 8.15. The lowest BCUT2D eigenvalue weighted by molar-refractivity contribution is -0.120. The van der Waals surface area contributed by atoms with Crippen LogP contribution in [-0.4, -0.2) is 43.5 Å². The van der Waals surface area contributed by atoms with Gasteiger partial charge in [-0.3, -0.25) is 4.79 Å². The SMILES string of the molecule is [N-]=[N+]=NCCCN1CCNC(=O)CC1. The van der Waals surface area contributed by atoms with Gasteiger partial charge >= 0.3 is 0 Å². The van der Waals surface area contributed by atoms with Gasteiger partial charge in [-0.2, -0.15) is 0 Å². The van der Waals surface area contributed by atoms with E-state index in [1.54, 1.807) is 0 Å². The molecule has 1 heterocycles.